The van der Waals surface area contributed by atoms with Crippen LogP contribution in [-0.4, -0.2) is 24.7 Å². The number of hydrazone groups is 1. The fourth-order valence-electron chi connectivity index (χ4n) is 2.60. The van der Waals surface area contributed by atoms with E-state index in [1.54, 1.807) is 72.8 Å². The van der Waals surface area contributed by atoms with Crippen molar-refractivity contribution >= 4 is 45.6 Å². The van der Waals surface area contributed by atoms with Crippen molar-refractivity contribution in [3.05, 3.63) is 106 Å². The zero-order valence-corrected chi connectivity index (χ0v) is 19.1. The van der Waals surface area contributed by atoms with E-state index >= 15 is 0 Å². The molecule has 0 saturated carbocycles. The van der Waals surface area contributed by atoms with E-state index in [2.05, 4.69) is 33.0 Å². The van der Waals surface area contributed by atoms with Gasteiger partial charge < -0.3 is 9.47 Å². The van der Waals surface area contributed by atoms with Crippen molar-refractivity contribution in [3.8, 4) is 11.5 Å². The molecule has 3 aromatic rings. The zero-order chi connectivity index (χ0) is 22.9. The minimum Gasteiger partial charge on any atom is -0.489 e. The van der Waals surface area contributed by atoms with Crippen LogP contribution in [0.3, 0.4) is 0 Å². The van der Waals surface area contributed by atoms with E-state index < -0.39 is 11.9 Å². The summed E-state index contributed by atoms with van der Waals surface area (Å²) in [6, 6.07) is 18.3. The summed E-state index contributed by atoms with van der Waals surface area (Å²) in [5.41, 5.74) is 3.63. The molecular weight excluding hydrogens is 496 g/mol. The molecule has 3 rings (SSSR count). The maximum Gasteiger partial charge on any atom is 0.343 e. The summed E-state index contributed by atoms with van der Waals surface area (Å²) >= 11 is 9.20. The highest BCUT2D eigenvalue weighted by Gasteiger charge is 2.14. The molecule has 0 saturated heterocycles. The van der Waals surface area contributed by atoms with Crippen LogP contribution >= 0.6 is 27.5 Å². The van der Waals surface area contributed by atoms with Crippen LogP contribution in [0.5, 0.6) is 11.5 Å². The first-order valence-electron chi connectivity index (χ1n) is 9.41. The summed E-state index contributed by atoms with van der Waals surface area (Å²) in [6.07, 6.45) is 2.98. The molecule has 8 heteroatoms. The predicted molar refractivity (Wildman–Crippen MR) is 128 cm³/mol. The summed E-state index contributed by atoms with van der Waals surface area (Å²) in [4.78, 5) is 25.0. The van der Waals surface area contributed by atoms with Gasteiger partial charge in [-0.2, -0.15) is 5.10 Å². The fourth-order valence-corrected chi connectivity index (χ4v) is 3.09. The molecule has 0 spiro atoms. The van der Waals surface area contributed by atoms with Gasteiger partial charge in [0.1, 0.15) is 18.1 Å². The van der Waals surface area contributed by atoms with Crippen molar-refractivity contribution in [2.75, 3.05) is 6.61 Å². The molecule has 6 nitrogen and oxygen atoms in total. The molecule has 0 bridgehead atoms. The topological polar surface area (TPSA) is 77.0 Å². The van der Waals surface area contributed by atoms with Gasteiger partial charge in [0.05, 0.1) is 17.3 Å². The number of hydrogen-bond donors (Lipinski definition) is 1. The molecule has 0 aliphatic carbocycles. The maximum atomic E-state index is 12.6. The number of esters is 1. The number of amides is 1. The third kappa shape index (κ3) is 6.29. The Balaban J connectivity index is 1.72. The van der Waals surface area contributed by atoms with Gasteiger partial charge in [0.25, 0.3) is 5.91 Å². The van der Waals surface area contributed by atoms with Gasteiger partial charge in [-0.25, -0.2) is 10.2 Å². The van der Waals surface area contributed by atoms with Crippen LogP contribution in [0.15, 0.2) is 89.0 Å². The van der Waals surface area contributed by atoms with Gasteiger partial charge in [0, 0.05) is 15.1 Å². The summed E-state index contributed by atoms with van der Waals surface area (Å²) in [6.45, 7) is 3.86. The van der Waals surface area contributed by atoms with Crippen molar-refractivity contribution in [2.45, 2.75) is 0 Å². The summed E-state index contributed by atoms with van der Waals surface area (Å²) < 4.78 is 11.7. The van der Waals surface area contributed by atoms with Gasteiger partial charge in [0.2, 0.25) is 0 Å². The monoisotopic (exact) mass is 512 g/mol. The number of rotatable bonds is 8. The zero-order valence-electron chi connectivity index (χ0n) is 16.8. The van der Waals surface area contributed by atoms with Crippen LogP contribution < -0.4 is 14.9 Å². The number of nitrogens with one attached hydrogen (secondary N) is 1. The highest BCUT2D eigenvalue weighted by molar-refractivity contribution is 9.10. The molecular formula is C24H18BrClN2O4. The minimum absolute atomic E-state index is 0.261. The molecule has 0 aliphatic heterocycles. The Hall–Kier alpha value is -3.42. The maximum absolute atomic E-state index is 12.6. The minimum atomic E-state index is -0.537. The lowest BCUT2D eigenvalue weighted by Gasteiger charge is -2.10. The van der Waals surface area contributed by atoms with Gasteiger partial charge in [-0.3, -0.25) is 4.79 Å². The van der Waals surface area contributed by atoms with Crippen LogP contribution in [0, 0.1) is 0 Å². The largest absolute Gasteiger partial charge is 0.489 e. The smallest absolute Gasteiger partial charge is 0.343 e. The van der Waals surface area contributed by atoms with E-state index in [0.29, 0.717) is 33.2 Å². The Morgan fingerprint density at radius 1 is 1.06 bits per heavy atom. The van der Waals surface area contributed by atoms with Crippen molar-refractivity contribution < 1.29 is 19.1 Å². The predicted octanol–water partition coefficient (Wildman–Crippen LogP) is 5.65. The summed E-state index contributed by atoms with van der Waals surface area (Å²) in [7, 11) is 0. The van der Waals surface area contributed by atoms with Gasteiger partial charge in [-0.1, -0.05) is 52.3 Å². The number of carbonyl (C=O) groups is 2. The Labute approximate surface area is 198 Å². The third-order valence-electron chi connectivity index (χ3n) is 4.11. The lowest BCUT2D eigenvalue weighted by Crippen LogP contribution is -2.19. The number of halogens is 2. The SMILES string of the molecule is C=CCOc1ccc(Br)cc1C(=O)N/N=C/c1ccccc1OC(=O)c1ccc(Cl)cc1. The summed E-state index contributed by atoms with van der Waals surface area (Å²) in [5, 5.41) is 4.52. The Kier molecular flexibility index (Phi) is 8.19. The van der Waals surface area contributed by atoms with Crippen molar-refractivity contribution in [1.29, 1.82) is 0 Å². The van der Waals surface area contributed by atoms with Crippen molar-refractivity contribution in [2.24, 2.45) is 5.10 Å². The van der Waals surface area contributed by atoms with E-state index in [4.69, 9.17) is 21.1 Å². The first-order chi connectivity index (χ1) is 15.5. The second kappa shape index (κ2) is 11.3. The molecule has 1 N–H and O–H groups in total. The number of carbonyl (C=O) groups excluding carboxylic acids is 2. The van der Waals surface area contributed by atoms with Crippen LogP contribution in [0.2, 0.25) is 5.02 Å². The molecule has 1 amide bonds. The molecule has 0 unspecified atom stereocenters. The number of benzene rings is 3. The van der Waals surface area contributed by atoms with Crippen molar-refractivity contribution in [1.82, 2.24) is 5.43 Å². The van der Waals surface area contributed by atoms with Crippen LogP contribution in [-0.2, 0) is 0 Å². The molecule has 32 heavy (non-hydrogen) atoms. The van der Waals surface area contributed by atoms with Crippen LogP contribution in [0.4, 0.5) is 0 Å². The molecule has 0 atom stereocenters. The van der Waals surface area contributed by atoms with E-state index in [1.165, 1.54) is 6.21 Å². The molecule has 0 radical (unpaired) electrons. The second-order valence-corrected chi connectivity index (χ2v) is 7.73. The van der Waals surface area contributed by atoms with Crippen LogP contribution in [0.25, 0.3) is 0 Å². The molecule has 162 valence electrons. The average Bonchev–Trinajstić information content (AvgIpc) is 2.79. The van der Waals surface area contributed by atoms with Gasteiger partial charge in [-0.15, -0.1) is 0 Å². The fraction of sp³-hybridized carbons (Fsp3) is 0.0417. The molecule has 3 aromatic carbocycles. The number of para-hydroxylation sites is 1. The van der Waals surface area contributed by atoms with E-state index in [1.807, 2.05) is 0 Å². The third-order valence-corrected chi connectivity index (χ3v) is 4.86. The standard InChI is InChI=1S/C24H18BrClN2O4/c1-2-13-31-22-12-9-18(25)14-20(22)23(29)28-27-15-17-5-3-4-6-21(17)32-24(30)16-7-10-19(26)11-8-16/h2-12,14-15H,1,13H2,(H,28,29)/b27-15+. The Morgan fingerprint density at radius 2 is 1.81 bits per heavy atom. The van der Waals surface area contributed by atoms with E-state index in [0.717, 1.165) is 4.47 Å². The van der Waals surface area contributed by atoms with Gasteiger partial charge in [-0.05, 0) is 54.6 Å². The number of ether oxygens (including phenoxy) is 2. The van der Waals surface area contributed by atoms with E-state index in [9.17, 15) is 9.59 Å². The molecule has 0 aliphatic rings. The second-order valence-electron chi connectivity index (χ2n) is 6.37. The lowest BCUT2D eigenvalue weighted by molar-refractivity contribution is 0.0734. The van der Waals surface area contributed by atoms with Gasteiger partial charge >= 0.3 is 5.97 Å². The quantitative estimate of drug-likeness (QED) is 0.139. The Morgan fingerprint density at radius 3 is 2.56 bits per heavy atom. The lowest BCUT2D eigenvalue weighted by atomic mass is 10.2. The first-order valence-corrected chi connectivity index (χ1v) is 10.6. The first kappa shape index (κ1) is 23.2. The molecule has 0 heterocycles. The van der Waals surface area contributed by atoms with Crippen LogP contribution in [0.1, 0.15) is 26.3 Å². The highest BCUT2D eigenvalue weighted by Crippen LogP contribution is 2.23. The summed E-state index contributed by atoms with van der Waals surface area (Å²) in [5.74, 6) is -0.303. The normalized spacial score (nSPS) is 10.6. The van der Waals surface area contributed by atoms with Crippen molar-refractivity contribution in [3.63, 3.8) is 0 Å². The molecule has 0 fully saturated rings. The molecule has 0 aromatic heterocycles. The highest BCUT2D eigenvalue weighted by atomic mass is 79.9. The number of hydrogen-bond acceptors (Lipinski definition) is 5. The van der Waals surface area contributed by atoms with Gasteiger partial charge in [0.15, 0.2) is 0 Å². The Bertz CT molecular complexity index is 1160. The van der Waals surface area contributed by atoms with E-state index in [-0.39, 0.29) is 6.61 Å². The number of nitrogens with zero attached hydrogens (tertiary/aromatic N) is 1. The average molecular weight is 514 g/mol.